The lowest BCUT2D eigenvalue weighted by molar-refractivity contribution is 0.817. The van der Waals surface area contributed by atoms with E-state index in [4.69, 9.17) is 0 Å². The number of hydrogen-bond acceptors (Lipinski definition) is 2. The first-order chi connectivity index (χ1) is 6.22. The van der Waals surface area contributed by atoms with Crippen LogP contribution in [0.25, 0.3) is 11.0 Å². The van der Waals surface area contributed by atoms with Crippen molar-refractivity contribution in [3.8, 4) is 0 Å². The Morgan fingerprint density at radius 2 is 2.15 bits per heavy atom. The number of aryl methyl sites for hydroxylation is 2. The summed E-state index contributed by atoms with van der Waals surface area (Å²) in [6.07, 6.45) is 2.05. The van der Waals surface area contributed by atoms with Gasteiger partial charge in [0.15, 0.2) is 5.16 Å². The Kier molecular flexibility index (Phi) is 2.04. The summed E-state index contributed by atoms with van der Waals surface area (Å²) in [7, 11) is 2.05. The molecule has 0 unspecified atom stereocenters. The molecule has 0 N–H and O–H groups in total. The molecule has 0 fully saturated rings. The molecule has 0 amide bonds. The van der Waals surface area contributed by atoms with Crippen molar-refractivity contribution in [2.75, 3.05) is 6.26 Å². The number of aromatic nitrogens is 2. The first-order valence-electron chi connectivity index (χ1n) is 4.19. The van der Waals surface area contributed by atoms with Crippen LogP contribution in [0, 0.1) is 6.92 Å². The lowest BCUT2D eigenvalue weighted by Gasteiger charge is -1.97. The van der Waals surface area contributed by atoms with Gasteiger partial charge in [-0.25, -0.2) is 4.98 Å². The quantitative estimate of drug-likeness (QED) is 0.646. The van der Waals surface area contributed by atoms with Crippen LogP contribution in [0.5, 0.6) is 0 Å². The van der Waals surface area contributed by atoms with Crippen LogP contribution >= 0.6 is 11.8 Å². The summed E-state index contributed by atoms with van der Waals surface area (Å²) < 4.78 is 2.12. The van der Waals surface area contributed by atoms with Crippen LogP contribution < -0.4 is 0 Å². The van der Waals surface area contributed by atoms with Crippen molar-refractivity contribution in [1.29, 1.82) is 0 Å². The molecular formula is C10H12N2S. The fraction of sp³-hybridized carbons (Fsp3) is 0.300. The van der Waals surface area contributed by atoms with Gasteiger partial charge in [-0.05, 0) is 30.9 Å². The van der Waals surface area contributed by atoms with Crippen molar-refractivity contribution < 1.29 is 0 Å². The van der Waals surface area contributed by atoms with Gasteiger partial charge in [-0.2, -0.15) is 0 Å². The van der Waals surface area contributed by atoms with Gasteiger partial charge in [0.1, 0.15) is 0 Å². The van der Waals surface area contributed by atoms with Crippen LogP contribution in [0.15, 0.2) is 23.4 Å². The minimum atomic E-state index is 1.07. The second kappa shape index (κ2) is 3.07. The highest BCUT2D eigenvalue weighted by Gasteiger charge is 2.05. The monoisotopic (exact) mass is 192 g/mol. The van der Waals surface area contributed by atoms with E-state index >= 15 is 0 Å². The Labute approximate surface area is 82.0 Å². The molecule has 0 aliphatic rings. The molecule has 1 aromatic carbocycles. The van der Waals surface area contributed by atoms with E-state index in [-0.39, 0.29) is 0 Å². The maximum absolute atomic E-state index is 4.52. The topological polar surface area (TPSA) is 17.8 Å². The highest BCUT2D eigenvalue weighted by Crippen LogP contribution is 2.21. The van der Waals surface area contributed by atoms with Crippen molar-refractivity contribution in [1.82, 2.24) is 9.55 Å². The number of imidazole rings is 1. The van der Waals surface area contributed by atoms with E-state index in [9.17, 15) is 0 Å². The van der Waals surface area contributed by atoms with E-state index in [1.54, 1.807) is 11.8 Å². The first-order valence-corrected chi connectivity index (χ1v) is 5.42. The zero-order chi connectivity index (χ0) is 9.42. The Morgan fingerprint density at radius 3 is 2.85 bits per heavy atom. The normalized spacial score (nSPS) is 11.0. The van der Waals surface area contributed by atoms with Crippen LogP contribution in [-0.2, 0) is 7.05 Å². The van der Waals surface area contributed by atoms with E-state index in [1.807, 2.05) is 6.26 Å². The Hall–Kier alpha value is -0.960. The maximum atomic E-state index is 4.52. The molecule has 1 heterocycles. The number of thioether (sulfide) groups is 1. The smallest absolute Gasteiger partial charge is 0.168 e. The summed E-state index contributed by atoms with van der Waals surface area (Å²) in [5.41, 5.74) is 3.56. The summed E-state index contributed by atoms with van der Waals surface area (Å²) in [4.78, 5) is 4.52. The van der Waals surface area contributed by atoms with Crippen molar-refractivity contribution in [2.24, 2.45) is 7.05 Å². The zero-order valence-electron chi connectivity index (χ0n) is 8.03. The molecule has 0 atom stereocenters. The predicted octanol–water partition coefficient (Wildman–Crippen LogP) is 2.60. The predicted molar refractivity (Wildman–Crippen MR) is 57.2 cm³/mol. The van der Waals surface area contributed by atoms with Gasteiger partial charge in [0, 0.05) is 7.05 Å². The molecule has 0 aliphatic carbocycles. The Bertz CT molecular complexity index is 445. The molecule has 0 aliphatic heterocycles. The van der Waals surface area contributed by atoms with Crippen molar-refractivity contribution in [2.45, 2.75) is 12.1 Å². The molecule has 2 aromatic rings. The molecule has 0 spiro atoms. The van der Waals surface area contributed by atoms with Gasteiger partial charge < -0.3 is 4.57 Å². The van der Waals surface area contributed by atoms with E-state index < -0.39 is 0 Å². The van der Waals surface area contributed by atoms with Crippen LogP contribution in [0.4, 0.5) is 0 Å². The highest BCUT2D eigenvalue weighted by atomic mass is 32.2. The number of rotatable bonds is 1. The average molecular weight is 192 g/mol. The molecule has 13 heavy (non-hydrogen) atoms. The minimum Gasteiger partial charge on any atom is -0.322 e. The van der Waals surface area contributed by atoms with Gasteiger partial charge in [0.25, 0.3) is 0 Å². The van der Waals surface area contributed by atoms with Gasteiger partial charge in [-0.15, -0.1) is 0 Å². The summed E-state index contributed by atoms with van der Waals surface area (Å²) in [5.74, 6) is 0. The molecule has 0 bridgehead atoms. The number of benzene rings is 1. The highest BCUT2D eigenvalue weighted by molar-refractivity contribution is 7.98. The number of hydrogen-bond donors (Lipinski definition) is 0. The minimum absolute atomic E-state index is 1.07. The van der Waals surface area contributed by atoms with Crippen LogP contribution in [0.2, 0.25) is 0 Å². The molecule has 0 saturated heterocycles. The Balaban J connectivity index is 2.76. The lowest BCUT2D eigenvalue weighted by atomic mass is 10.2. The third-order valence-electron chi connectivity index (χ3n) is 2.18. The molecule has 0 radical (unpaired) electrons. The number of nitrogens with zero attached hydrogens (tertiary/aromatic N) is 2. The van der Waals surface area contributed by atoms with Gasteiger partial charge >= 0.3 is 0 Å². The van der Waals surface area contributed by atoms with E-state index in [2.05, 4.69) is 41.7 Å². The first kappa shape index (κ1) is 8.63. The van der Waals surface area contributed by atoms with Gasteiger partial charge in [-0.3, -0.25) is 0 Å². The molecule has 0 saturated carbocycles. The molecular weight excluding hydrogens is 180 g/mol. The van der Waals surface area contributed by atoms with Crippen LogP contribution in [0.3, 0.4) is 0 Å². The summed E-state index contributed by atoms with van der Waals surface area (Å²) in [6, 6.07) is 6.36. The summed E-state index contributed by atoms with van der Waals surface area (Å²) in [6.45, 7) is 2.09. The molecule has 1 aromatic heterocycles. The van der Waals surface area contributed by atoms with Crippen molar-refractivity contribution in [3.63, 3.8) is 0 Å². The Morgan fingerprint density at radius 1 is 1.38 bits per heavy atom. The fourth-order valence-corrected chi connectivity index (χ4v) is 2.03. The molecule has 68 valence electrons. The van der Waals surface area contributed by atoms with Crippen molar-refractivity contribution in [3.05, 3.63) is 23.8 Å². The molecule has 2 rings (SSSR count). The van der Waals surface area contributed by atoms with Crippen LogP contribution in [0.1, 0.15) is 5.56 Å². The third kappa shape index (κ3) is 1.33. The molecule has 3 heteroatoms. The lowest BCUT2D eigenvalue weighted by Crippen LogP contribution is -1.88. The zero-order valence-corrected chi connectivity index (χ0v) is 8.85. The number of fused-ring (bicyclic) bond motifs is 1. The summed E-state index contributed by atoms with van der Waals surface area (Å²) in [5, 5.41) is 1.07. The van der Waals surface area contributed by atoms with Crippen LogP contribution in [-0.4, -0.2) is 15.8 Å². The van der Waals surface area contributed by atoms with E-state index in [1.165, 1.54) is 11.1 Å². The second-order valence-electron chi connectivity index (χ2n) is 3.15. The van der Waals surface area contributed by atoms with Gasteiger partial charge in [0.05, 0.1) is 11.0 Å². The standard InChI is InChI=1S/C10H12N2S/c1-7-4-5-9-8(6-7)11-10(13-3)12(9)2/h4-6H,1-3H3. The fourth-order valence-electron chi connectivity index (χ4n) is 1.47. The second-order valence-corrected chi connectivity index (χ2v) is 3.92. The van der Waals surface area contributed by atoms with E-state index in [0.717, 1.165) is 10.7 Å². The maximum Gasteiger partial charge on any atom is 0.168 e. The van der Waals surface area contributed by atoms with Gasteiger partial charge in [-0.1, -0.05) is 17.8 Å². The van der Waals surface area contributed by atoms with Gasteiger partial charge in [0.2, 0.25) is 0 Å². The summed E-state index contributed by atoms with van der Waals surface area (Å²) >= 11 is 1.68. The largest absolute Gasteiger partial charge is 0.322 e. The average Bonchev–Trinajstić information content (AvgIpc) is 2.42. The SMILES string of the molecule is CSc1nc2cc(C)ccc2n1C. The molecule has 2 nitrogen and oxygen atoms in total. The third-order valence-corrected chi connectivity index (χ3v) is 2.91. The van der Waals surface area contributed by atoms with Crippen molar-refractivity contribution >= 4 is 22.8 Å². The van der Waals surface area contributed by atoms with E-state index in [0.29, 0.717) is 0 Å².